The summed E-state index contributed by atoms with van der Waals surface area (Å²) in [6, 6.07) is 3.61. The second kappa shape index (κ2) is 9.67. The molecule has 4 nitrogen and oxygen atoms in total. The predicted molar refractivity (Wildman–Crippen MR) is 87.0 cm³/mol. The largest absolute Gasteiger partial charge is 0.491 e. The van der Waals surface area contributed by atoms with Gasteiger partial charge in [-0.2, -0.15) is 0 Å². The summed E-state index contributed by atoms with van der Waals surface area (Å²) in [5.74, 6) is -1.39. The standard InChI is InChI=1S/C16H22F2N2O2.ClH/c1-11-14(4-2-8-19-11)20-16(21)5-3-9-22-15-7-6-12(17)10-13(15)18;/h6-7,10-11,14,19H,2-5,8-9H2,1H3,(H,20,21);1H. The number of amides is 1. The lowest BCUT2D eigenvalue weighted by atomic mass is 10.00. The number of rotatable bonds is 6. The Kier molecular flexibility index (Phi) is 8.26. The van der Waals surface area contributed by atoms with Gasteiger partial charge >= 0.3 is 0 Å². The maximum Gasteiger partial charge on any atom is 0.220 e. The fourth-order valence-corrected chi connectivity index (χ4v) is 2.53. The maximum atomic E-state index is 13.3. The molecule has 1 aromatic rings. The molecule has 1 saturated heterocycles. The van der Waals surface area contributed by atoms with Gasteiger partial charge in [-0.25, -0.2) is 8.78 Å². The average molecular weight is 349 g/mol. The molecule has 2 atom stereocenters. The molecule has 1 aliphatic rings. The Morgan fingerprint density at radius 3 is 2.91 bits per heavy atom. The molecule has 1 fully saturated rings. The third kappa shape index (κ3) is 6.31. The van der Waals surface area contributed by atoms with Gasteiger partial charge in [0, 0.05) is 24.6 Å². The summed E-state index contributed by atoms with van der Waals surface area (Å²) in [5, 5.41) is 6.33. The van der Waals surface area contributed by atoms with Crippen LogP contribution >= 0.6 is 12.4 Å². The van der Waals surface area contributed by atoms with Crippen molar-refractivity contribution in [1.29, 1.82) is 0 Å². The lowest BCUT2D eigenvalue weighted by Gasteiger charge is -2.30. The Morgan fingerprint density at radius 1 is 1.43 bits per heavy atom. The van der Waals surface area contributed by atoms with Crippen LogP contribution < -0.4 is 15.4 Å². The normalized spacial score (nSPS) is 20.5. The van der Waals surface area contributed by atoms with Crippen LogP contribution in [0.1, 0.15) is 32.6 Å². The molecule has 0 aliphatic carbocycles. The highest BCUT2D eigenvalue weighted by atomic mass is 35.5. The van der Waals surface area contributed by atoms with E-state index in [4.69, 9.17) is 4.74 Å². The highest BCUT2D eigenvalue weighted by molar-refractivity contribution is 5.85. The van der Waals surface area contributed by atoms with Gasteiger partial charge in [0.1, 0.15) is 5.82 Å². The number of carbonyl (C=O) groups is 1. The van der Waals surface area contributed by atoms with E-state index in [1.807, 2.05) is 0 Å². The van der Waals surface area contributed by atoms with E-state index in [9.17, 15) is 13.6 Å². The highest BCUT2D eigenvalue weighted by Gasteiger charge is 2.21. The first-order chi connectivity index (χ1) is 10.6. The Balaban J connectivity index is 0.00000264. The van der Waals surface area contributed by atoms with E-state index in [2.05, 4.69) is 17.6 Å². The molecule has 0 spiro atoms. The Bertz CT molecular complexity index is 517. The number of ether oxygens (including phenoxy) is 1. The van der Waals surface area contributed by atoms with E-state index in [-0.39, 0.29) is 42.8 Å². The summed E-state index contributed by atoms with van der Waals surface area (Å²) in [6.45, 7) is 3.27. The molecule has 1 aromatic carbocycles. The van der Waals surface area contributed by atoms with Crippen LogP contribution in [-0.4, -0.2) is 31.1 Å². The number of halogens is 3. The molecule has 0 saturated carbocycles. The van der Waals surface area contributed by atoms with Gasteiger partial charge in [0.05, 0.1) is 6.61 Å². The van der Waals surface area contributed by atoms with Gasteiger partial charge in [-0.15, -0.1) is 12.4 Å². The minimum atomic E-state index is -0.730. The number of nitrogens with one attached hydrogen (secondary N) is 2. The summed E-state index contributed by atoms with van der Waals surface area (Å²) < 4.78 is 31.3. The Labute approximate surface area is 141 Å². The zero-order valence-electron chi connectivity index (χ0n) is 13.1. The molecule has 7 heteroatoms. The van der Waals surface area contributed by atoms with E-state index in [1.54, 1.807) is 0 Å². The number of benzene rings is 1. The molecule has 2 unspecified atom stereocenters. The van der Waals surface area contributed by atoms with Crippen LogP contribution in [0.5, 0.6) is 5.75 Å². The van der Waals surface area contributed by atoms with Crippen LogP contribution in [0, 0.1) is 11.6 Å². The van der Waals surface area contributed by atoms with Gasteiger partial charge in [0.15, 0.2) is 11.6 Å². The number of carbonyl (C=O) groups excluding carboxylic acids is 1. The molecule has 1 heterocycles. The molecule has 1 amide bonds. The number of hydrogen-bond acceptors (Lipinski definition) is 3. The lowest BCUT2D eigenvalue weighted by molar-refractivity contribution is -0.122. The molecule has 0 bridgehead atoms. The molecule has 0 radical (unpaired) electrons. The van der Waals surface area contributed by atoms with Gasteiger partial charge in [-0.05, 0) is 44.9 Å². The monoisotopic (exact) mass is 348 g/mol. The first kappa shape index (κ1) is 19.6. The maximum absolute atomic E-state index is 13.3. The van der Waals surface area contributed by atoms with Crippen LogP contribution in [-0.2, 0) is 4.79 Å². The SMILES string of the molecule is CC1NCCCC1NC(=O)CCCOc1ccc(F)cc1F.Cl. The quantitative estimate of drug-likeness (QED) is 0.777. The molecule has 1 aliphatic heterocycles. The van der Waals surface area contributed by atoms with Crippen molar-refractivity contribution in [3.63, 3.8) is 0 Å². The molecular weight excluding hydrogens is 326 g/mol. The first-order valence-electron chi connectivity index (χ1n) is 7.67. The molecule has 2 N–H and O–H groups in total. The molecule has 23 heavy (non-hydrogen) atoms. The third-order valence-corrected chi connectivity index (χ3v) is 3.81. The van der Waals surface area contributed by atoms with Gasteiger partial charge in [-0.1, -0.05) is 0 Å². The van der Waals surface area contributed by atoms with Crippen molar-refractivity contribution in [3.8, 4) is 5.75 Å². The summed E-state index contributed by atoms with van der Waals surface area (Å²) >= 11 is 0. The minimum Gasteiger partial charge on any atom is -0.491 e. The zero-order chi connectivity index (χ0) is 15.9. The van der Waals surface area contributed by atoms with E-state index >= 15 is 0 Å². The summed E-state index contributed by atoms with van der Waals surface area (Å²) in [5.41, 5.74) is 0. The lowest BCUT2D eigenvalue weighted by Crippen LogP contribution is -2.51. The first-order valence-corrected chi connectivity index (χ1v) is 7.67. The van der Waals surface area contributed by atoms with Crippen molar-refractivity contribution < 1.29 is 18.3 Å². The van der Waals surface area contributed by atoms with E-state index < -0.39 is 11.6 Å². The fourth-order valence-electron chi connectivity index (χ4n) is 2.53. The smallest absolute Gasteiger partial charge is 0.220 e. The van der Waals surface area contributed by atoms with E-state index in [1.165, 1.54) is 6.07 Å². The van der Waals surface area contributed by atoms with Crippen molar-refractivity contribution in [1.82, 2.24) is 10.6 Å². The molecule has 0 aromatic heterocycles. The second-order valence-electron chi connectivity index (χ2n) is 5.59. The fraction of sp³-hybridized carbons (Fsp3) is 0.562. The number of piperidine rings is 1. The Hall–Kier alpha value is -1.40. The van der Waals surface area contributed by atoms with Gasteiger partial charge in [-0.3, -0.25) is 4.79 Å². The average Bonchev–Trinajstić information content (AvgIpc) is 2.48. The molecule has 2 rings (SSSR count). The van der Waals surface area contributed by atoms with Crippen LogP contribution in [0.3, 0.4) is 0 Å². The van der Waals surface area contributed by atoms with Crippen LogP contribution in [0.4, 0.5) is 8.78 Å². The second-order valence-corrected chi connectivity index (χ2v) is 5.59. The van der Waals surface area contributed by atoms with Gasteiger partial charge < -0.3 is 15.4 Å². The highest BCUT2D eigenvalue weighted by Crippen LogP contribution is 2.17. The van der Waals surface area contributed by atoms with Crippen molar-refractivity contribution in [3.05, 3.63) is 29.8 Å². The zero-order valence-corrected chi connectivity index (χ0v) is 13.9. The molecular formula is C16H23ClF2N2O2. The van der Waals surface area contributed by atoms with E-state index in [0.717, 1.165) is 31.5 Å². The third-order valence-electron chi connectivity index (χ3n) is 3.81. The van der Waals surface area contributed by atoms with Crippen molar-refractivity contribution in [2.45, 2.75) is 44.7 Å². The Morgan fingerprint density at radius 2 is 2.22 bits per heavy atom. The predicted octanol–water partition coefficient (Wildman–Crippen LogP) is 2.80. The number of hydrogen-bond donors (Lipinski definition) is 2. The topological polar surface area (TPSA) is 50.4 Å². The van der Waals surface area contributed by atoms with Crippen molar-refractivity contribution in [2.24, 2.45) is 0 Å². The van der Waals surface area contributed by atoms with Gasteiger partial charge in [0.2, 0.25) is 5.91 Å². The van der Waals surface area contributed by atoms with Crippen molar-refractivity contribution in [2.75, 3.05) is 13.2 Å². The van der Waals surface area contributed by atoms with E-state index in [0.29, 0.717) is 12.8 Å². The van der Waals surface area contributed by atoms with Crippen LogP contribution in [0.25, 0.3) is 0 Å². The summed E-state index contributed by atoms with van der Waals surface area (Å²) in [4.78, 5) is 11.9. The summed E-state index contributed by atoms with van der Waals surface area (Å²) in [7, 11) is 0. The van der Waals surface area contributed by atoms with Crippen LogP contribution in [0.15, 0.2) is 18.2 Å². The summed E-state index contributed by atoms with van der Waals surface area (Å²) in [6.07, 6.45) is 2.85. The van der Waals surface area contributed by atoms with Crippen LogP contribution in [0.2, 0.25) is 0 Å². The minimum absolute atomic E-state index is 0. The van der Waals surface area contributed by atoms with Crippen molar-refractivity contribution >= 4 is 18.3 Å². The molecule has 130 valence electrons. The van der Waals surface area contributed by atoms with Gasteiger partial charge in [0.25, 0.3) is 0 Å².